The Morgan fingerprint density at radius 2 is 1.63 bits per heavy atom. The van der Waals surface area contributed by atoms with Gasteiger partial charge in [0.1, 0.15) is 36.7 Å². The first-order valence-corrected chi connectivity index (χ1v) is 13.2. The fraction of sp³-hybridized carbons (Fsp3) is 0.355. The second-order valence-electron chi connectivity index (χ2n) is 10.6. The Morgan fingerprint density at radius 3 is 2.21 bits per heavy atom. The lowest BCUT2D eigenvalue weighted by atomic mass is 10.0. The summed E-state index contributed by atoms with van der Waals surface area (Å²) in [5, 5.41) is -0.00753. The number of hydrogen-bond donors (Lipinski definition) is 0. The molecule has 1 aliphatic heterocycles. The number of carbonyl (C=O) groups excluding carboxylic acids is 2. The molecule has 1 heterocycles. The third kappa shape index (κ3) is 8.26. The van der Waals surface area contributed by atoms with Crippen molar-refractivity contribution in [3.05, 3.63) is 59.4 Å². The maximum absolute atomic E-state index is 13.6. The van der Waals surface area contributed by atoms with Gasteiger partial charge in [0.05, 0.1) is 12.1 Å². The van der Waals surface area contributed by atoms with E-state index in [1.807, 2.05) is 0 Å². The van der Waals surface area contributed by atoms with Crippen molar-refractivity contribution in [2.75, 3.05) is 29.6 Å². The Kier molecular flexibility index (Phi) is 10.1. The number of ether oxygens (including phenoxy) is 3. The standard InChI is InChI=1S/C31H28F3N3O5S/c1-29(2,3)42-26(38)20-40-17-9-7-8-10-18-41-23-14-11-21(12-15-23)37-28(43)36(27(39)30(37,4)5)22-13-16-25(35-6)24(19-22)31(32,33)34/h11-16,19H,17-18,20H2,1-5H3. The molecule has 2 aromatic rings. The van der Waals surface area contributed by atoms with Crippen LogP contribution in [0.25, 0.3) is 4.85 Å². The van der Waals surface area contributed by atoms with Gasteiger partial charge in [-0.15, -0.1) is 0 Å². The molecule has 0 atom stereocenters. The summed E-state index contributed by atoms with van der Waals surface area (Å²) < 4.78 is 56.5. The molecule has 1 amide bonds. The molecule has 0 radical (unpaired) electrons. The zero-order chi connectivity index (χ0) is 32.0. The summed E-state index contributed by atoms with van der Waals surface area (Å²) in [6, 6.07) is 9.67. The topological polar surface area (TPSA) is 72.7 Å². The molecule has 12 heteroatoms. The average Bonchev–Trinajstić information content (AvgIpc) is 3.09. The average molecular weight is 612 g/mol. The summed E-state index contributed by atoms with van der Waals surface area (Å²) in [5.74, 6) is 10.1. The lowest BCUT2D eigenvalue weighted by Crippen LogP contribution is -2.44. The van der Waals surface area contributed by atoms with Gasteiger partial charge in [0.25, 0.3) is 5.91 Å². The highest BCUT2D eigenvalue weighted by Gasteiger charge is 2.50. The van der Waals surface area contributed by atoms with Crippen LogP contribution in [-0.2, 0) is 25.2 Å². The Labute approximate surface area is 253 Å². The summed E-state index contributed by atoms with van der Waals surface area (Å²) in [5.41, 5.74) is -3.07. The van der Waals surface area contributed by atoms with Crippen LogP contribution in [0.5, 0.6) is 5.75 Å². The first-order valence-electron chi connectivity index (χ1n) is 12.8. The monoisotopic (exact) mass is 611 g/mol. The molecule has 0 aromatic heterocycles. The number of anilines is 2. The van der Waals surface area contributed by atoms with E-state index in [-0.39, 0.29) is 30.6 Å². The number of hydrogen-bond acceptors (Lipinski definition) is 6. The fourth-order valence-electron chi connectivity index (χ4n) is 3.97. The molecule has 43 heavy (non-hydrogen) atoms. The van der Waals surface area contributed by atoms with Crippen LogP contribution in [0.4, 0.5) is 30.2 Å². The van der Waals surface area contributed by atoms with Crippen molar-refractivity contribution in [2.24, 2.45) is 0 Å². The van der Waals surface area contributed by atoms with E-state index in [1.165, 1.54) is 6.07 Å². The van der Waals surface area contributed by atoms with Crippen LogP contribution in [-0.4, -0.2) is 47.9 Å². The van der Waals surface area contributed by atoms with Crippen LogP contribution in [0.3, 0.4) is 0 Å². The minimum atomic E-state index is -4.78. The quantitative estimate of drug-likeness (QED) is 0.127. The second kappa shape index (κ2) is 13.2. The molecule has 224 valence electrons. The lowest BCUT2D eigenvalue weighted by Gasteiger charge is -2.29. The molecule has 2 aromatic carbocycles. The maximum atomic E-state index is 13.6. The predicted molar refractivity (Wildman–Crippen MR) is 159 cm³/mol. The van der Waals surface area contributed by atoms with Crippen LogP contribution in [0.1, 0.15) is 40.2 Å². The van der Waals surface area contributed by atoms with Crippen molar-refractivity contribution in [2.45, 2.75) is 51.9 Å². The first-order chi connectivity index (χ1) is 20.1. The number of benzene rings is 2. The van der Waals surface area contributed by atoms with Gasteiger partial charge in [0, 0.05) is 11.4 Å². The van der Waals surface area contributed by atoms with Crippen molar-refractivity contribution in [3.63, 3.8) is 0 Å². The highest BCUT2D eigenvalue weighted by molar-refractivity contribution is 7.81. The summed E-state index contributed by atoms with van der Waals surface area (Å²) in [7, 11) is 0. The lowest BCUT2D eigenvalue weighted by molar-refractivity contribution is -0.159. The summed E-state index contributed by atoms with van der Waals surface area (Å²) >= 11 is 5.55. The molecule has 8 nitrogen and oxygen atoms in total. The number of halogens is 3. The van der Waals surface area contributed by atoms with Crippen LogP contribution in [0.2, 0.25) is 0 Å². The Bertz CT molecular complexity index is 1570. The fourth-order valence-corrected chi connectivity index (χ4v) is 4.49. The zero-order valence-corrected chi connectivity index (χ0v) is 24.9. The van der Waals surface area contributed by atoms with Gasteiger partial charge in [-0.25, -0.2) is 9.64 Å². The van der Waals surface area contributed by atoms with Crippen LogP contribution < -0.4 is 14.5 Å². The van der Waals surface area contributed by atoms with E-state index in [0.717, 1.165) is 17.0 Å². The maximum Gasteiger partial charge on any atom is 0.407 e. The number of carbonyl (C=O) groups is 2. The minimum absolute atomic E-state index is 0.00753. The van der Waals surface area contributed by atoms with Gasteiger partial charge < -0.3 is 19.1 Å². The van der Waals surface area contributed by atoms with Gasteiger partial charge >= 0.3 is 12.1 Å². The van der Waals surface area contributed by atoms with E-state index in [1.54, 1.807) is 63.8 Å². The molecule has 1 fully saturated rings. The third-order valence-electron chi connectivity index (χ3n) is 5.79. The largest absolute Gasteiger partial charge is 0.481 e. The number of alkyl halides is 3. The van der Waals surface area contributed by atoms with Crippen molar-refractivity contribution in [1.82, 2.24) is 0 Å². The minimum Gasteiger partial charge on any atom is -0.481 e. The molecule has 0 aliphatic carbocycles. The Morgan fingerprint density at radius 1 is 1.02 bits per heavy atom. The number of thiocarbonyl (C=S) groups is 1. The van der Waals surface area contributed by atoms with Gasteiger partial charge in [-0.05, 0) is 101 Å². The highest BCUT2D eigenvalue weighted by Crippen LogP contribution is 2.42. The van der Waals surface area contributed by atoms with Crippen molar-refractivity contribution in [3.8, 4) is 29.4 Å². The SMILES string of the molecule is [C-]#[N+]c1ccc(N2C(=O)C(C)(C)N(c3ccc(OCC#CC#CCOCC(=O)OC(C)(C)C)cc3)C2=S)cc1C(F)(F)F. The molecule has 0 saturated carbocycles. The molecule has 0 unspecified atom stereocenters. The summed E-state index contributed by atoms with van der Waals surface area (Å²) in [4.78, 5) is 30.4. The van der Waals surface area contributed by atoms with E-state index in [9.17, 15) is 22.8 Å². The number of rotatable bonds is 7. The molecule has 0 spiro atoms. The number of nitrogens with zero attached hydrogens (tertiary/aromatic N) is 3. The van der Waals surface area contributed by atoms with E-state index in [0.29, 0.717) is 11.4 Å². The Balaban J connectivity index is 1.62. The summed E-state index contributed by atoms with van der Waals surface area (Å²) in [6.45, 7) is 15.4. The van der Waals surface area contributed by atoms with Crippen LogP contribution in [0.15, 0.2) is 42.5 Å². The molecule has 0 bridgehead atoms. The Hall–Kier alpha value is -4.57. The number of esters is 1. The van der Waals surface area contributed by atoms with Gasteiger partial charge in [0.2, 0.25) is 0 Å². The highest BCUT2D eigenvalue weighted by atomic mass is 32.1. The molecular weight excluding hydrogens is 583 g/mol. The first kappa shape index (κ1) is 32.9. The summed E-state index contributed by atoms with van der Waals surface area (Å²) in [6.07, 6.45) is -4.78. The van der Waals surface area contributed by atoms with E-state index in [2.05, 4.69) is 28.5 Å². The second-order valence-corrected chi connectivity index (χ2v) is 11.0. The van der Waals surface area contributed by atoms with Gasteiger partial charge in [0.15, 0.2) is 10.8 Å². The molecule has 1 aliphatic rings. The van der Waals surface area contributed by atoms with E-state index >= 15 is 0 Å². The van der Waals surface area contributed by atoms with E-state index < -0.39 is 40.4 Å². The zero-order valence-electron chi connectivity index (χ0n) is 24.1. The van der Waals surface area contributed by atoms with Crippen molar-refractivity contribution >= 4 is 46.3 Å². The third-order valence-corrected chi connectivity index (χ3v) is 6.16. The van der Waals surface area contributed by atoms with E-state index in [4.69, 9.17) is 33.0 Å². The molecule has 0 N–H and O–H groups in total. The molecule has 1 saturated heterocycles. The predicted octanol–water partition coefficient (Wildman–Crippen LogP) is 5.92. The molecular formula is C31H28F3N3O5S. The number of amides is 1. The smallest absolute Gasteiger partial charge is 0.407 e. The normalized spacial score (nSPS) is 14.3. The van der Waals surface area contributed by atoms with Gasteiger partial charge in [-0.2, -0.15) is 13.2 Å². The van der Waals surface area contributed by atoms with Crippen molar-refractivity contribution < 1.29 is 37.0 Å². The van der Waals surface area contributed by atoms with Gasteiger partial charge in [-0.3, -0.25) is 9.69 Å². The van der Waals surface area contributed by atoms with Crippen LogP contribution in [0, 0.1) is 30.3 Å². The van der Waals surface area contributed by atoms with Crippen molar-refractivity contribution in [1.29, 1.82) is 0 Å². The van der Waals surface area contributed by atoms with Crippen LogP contribution >= 0.6 is 12.2 Å². The van der Waals surface area contributed by atoms with Gasteiger partial charge in [-0.1, -0.05) is 12.0 Å². The molecule has 3 rings (SSSR count).